The van der Waals surface area contributed by atoms with Gasteiger partial charge in [0.1, 0.15) is 0 Å². The molecule has 2 N–H and O–H groups in total. The van der Waals surface area contributed by atoms with Crippen LogP contribution in [0.1, 0.15) is 24.8 Å². The first-order chi connectivity index (χ1) is 12.8. The third-order valence-electron chi connectivity index (χ3n) is 4.90. The molecule has 0 aliphatic carbocycles. The Kier molecular flexibility index (Phi) is 7.07. The number of hydrogen-bond donors (Lipinski definition) is 2. The molecule has 6 heteroatoms. The van der Waals surface area contributed by atoms with E-state index in [1.54, 1.807) is 0 Å². The zero-order chi connectivity index (χ0) is 18.0. The highest BCUT2D eigenvalue weighted by atomic mass is 15.2. The topological polar surface area (TPSA) is 57.5 Å². The summed E-state index contributed by atoms with van der Waals surface area (Å²) < 4.78 is 2.10. The third kappa shape index (κ3) is 5.59. The maximum atomic E-state index is 4.35. The van der Waals surface area contributed by atoms with Gasteiger partial charge in [0.25, 0.3) is 0 Å². The molecule has 6 nitrogen and oxygen atoms in total. The van der Waals surface area contributed by atoms with Gasteiger partial charge >= 0.3 is 0 Å². The molecule has 0 bridgehead atoms. The first-order valence-corrected chi connectivity index (χ1v) is 9.53. The summed E-state index contributed by atoms with van der Waals surface area (Å²) in [4.78, 5) is 11.0. The van der Waals surface area contributed by atoms with Crippen molar-refractivity contribution in [3.63, 3.8) is 0 Å². The third-order valence-corrected chi connectivity index (χ3v) is 4.90. The molecule has 0 saturated carbocycles. The van der Waals surface area contributed by atoms with Crippen molar-refractivity contribution >= 4 is 5.96 Å². The Hall–Kier alpha value is -2.34. The second kappa shape index (κ2) is 9.97. The SMILES string of the molecule is CN=C(NCCCn1ccnc1)NCC1CCCN1Cc1ccccc1. The van der Waals surface area contributed by atoms with Crippen LogP contribution in [0.3, 0.4) is 0 Å². The minimum absolute atomic E-state index is 0.569. The average Bonchev–Trinajstić information content (AvgIpc) is 3.34. The first-order valence-electron chi connectivity index (χ1n) is 9.53. The maximum Gasteiger partial charge on any atom is 0.191 e. The molecule has 1 aliphatic heterocycles. The van der Waals surface area contributed by atoms with E-state index >= 15 is 0 Å². The lowest BCUT2D eigenvalue weighted by atomic mass is 10.2. The molecule has 2 aromatic rings. The van der Waals surface area contributed by atoms with Crippen molar-refractivity contribution < 1.29 is 0 Å². The summed E-state index contributed by atoms with van der Waals surface area (Å²) >= 11 is 0. The number of benzene rings is 1. The van der Waals surface area contributed by atoms with Gasteiger partial charge in [-0.1, -0.05) is 30.3 Å². The Labute approximate surface area is 156 Å². The summed E-state index contributed by atoms with van der Waals surface area (Å²) in [5.41, 5.74) is 1.39. The van der Waals surface area contributed by atoms with Gasteiger partial charge < -0.3 is 15.2 Å². The average molecular weight is 355 g/mol. The molecule has 0 spiro atoms. The lowest BCUT2D eigenvalue weighted by Gasteiger charge is -2.25. The normalized spacial score (nSPS) is 18.2. The fourth-order valence-electron chi connectivity index (χ4n) is 3.47. The van der Waals surface area contributed by atoms with E-state index in [1.165, 1.54) is 24.9 Å². The molecule has 1 atom stereocenters. The molecule has 3 rings (SSSR count). The molecule has 0 radical (unpaired) electrons. The fraction of sp³-hybridized carbons (Fsp3) is 0.500. The van der Waals surface area contributed by atoms with Crippen molar-refractivity contribution in [1.82, 2.24) is 25.1 Å². The Bertz CT molecular complexity index is 652. The maximum absolute atomic E-state index is 4.35. The molecule has 1 aromatic heterocycles. The number of nitrogens with one attached hydrogen (secondary N) is 2. The largest absolute Gasteiger partial charge is 0.356 e. The van der Waals surface area contributed by atoms with E-state index in [1.807, 2.05) is 25.8 Å². The van der Waals surface area contributed by atoms with Crippen LogP contribution in [-0.4, -0.2) is 53.1 Å². The van der Waals surface area contributed by atoms with Gasteiger partial charge in [-0.2, -0.15) is 0 Å². The second-order valence-corrected chi connectivity index (χ2v) is 6.79. The van der Waals surface area contributed by atoms with Crippen molar-refractivity contribution in [3.8, 4) is 0 Å². The summed E-state index contributed by atoms with van der Waals surface area (Å²) in [5, 5.41) is 6.91. The van der Waals surface area contributed by atoms with Crippen LogP contribution in [-0.2, 0) is 13.1 Å². The van der Waals surface area contributed by atoms with E-state index in [0.29, 0.717) is 6.04 Å². The van der Waals surface area contributed by atoms with Gasteiger partial charge in [-0.05, 0) is 31.4 Å². The van der Waals surface area contributed by atoms with Crippen molar-refractivity contribution in [2.45, 2.75) is 38.4 Å². The summed E-state index contributed by atoms with van der Waals surface area (Å²) in [7, 11) is 1.83. The molecule has 1 aromatic carbocycles. The number of hydrogen-bond acceptors (Lipinski definition) is 3. The van der Waals surface area contributed by atoms with E-state index in [-0.39, 0.29) is 0 Å². The van der Waals surface area contributed by atoms with Gasteiger partial charge in [-0.15, -0.1) is 0 Å². The second-order valence-electron chi connectivity index (χ2n) is 6.79. The lowest BCUT2D eigenvalue weighted by molar-refractivity contribution is 0.245. The zero-order valence-corrected chi connectivity index (χ0v) is 15.6. The Morgan fingerprint density at radius 2 is 2.15 bits per heavy atom. The van der Waals surface area contributed by atoms with Crippen LogP contribution >= 0.6 is 0 Å². The van der Waals surface area contributed by atoms with Crippen molar-refractivity contribution in [2.75, 3.05) is 26.7 Å². The Morgan fingerprint density at radius 3 is 2.92 bits per heavy atom. The van der Waals surface area contributed by atoms with Crippen molar-refractivity contribution in [1.29, 1.82) is 0 Å². The van der Waals surface area contributed by atoms with Gasteiger partial charge in [0.15, 0.2) is 5.96 Å². The number of rotatable bonds is 8. The van der Waals surface area contributed by atoms with E-state index in [0.717, 1.165) is 38.6 Å². The monoisotopic (exact) mass is 354 g/mol. The van der Waals surface area contributed by atoms with Gasteiger partial charge in [0.2, 0.25) is 0 Å². The van der Waals surface area contributed by atoms with Crippen molar-refractivity contribution in [3.05, 3.63) is 54.6 Å². The first kappa shape index (κ1) is 18.5. The Balaban J connectivity index is 1.38. The number of nitrogens with zero attached hydrogens (tertiary/aromatic N) is 4. The van der Waals surface area contributed by atoms with Gasteiger partial charge in [-0.3, -0.25) is 9.89 Å². The molecule has 1 saturated heterocycles. The number of aromatic nitrogens is 2. The Morgan fingerprint density at radius 1 is 1.27 bits per heavy atom. The summed E-state index contributed by atoms with van der Waals surface area (Å²) in [6, 6.07) is 11.3. The fourth-order valence-corrected chi connectivity index (χ4v) is 3.47. The highest BCUT2D eigenvalue weighted by Gasteiger charge is 2.24. The predicted octanol–water partition coefficient (Wildman–Crippen LogP) is 2.10. The molecular formula is C20H30N6. The van der Waals surface area contributed by atoms with Crippen LogP contribution in [0.5, 0.6) is 0 Å². The number of aliphatic imine (C=N–C) groups is 1. The smallest absolute Gasteiger partial charge is 0.191 e. The molecule has 0 amide bonds. The van der Waals surface area contributed by atoms with E-state index in [9.17, 15) is 0 Å². The number of guanidine groups is 1. The molecule has 1 unspecified atom stereocenters. The van der Waals surface area contributed by atoms with Gasteiger partial charge in [-0.25, -0.2) is 4.98 Å². The van der Waals surface area contributed by atoms with Crippen LogP contribution in [0, 0.1) is 0 Å². The quantitative estimate of drug-likeness (QED) is 0.433. The summed E-state index contributed by atoms with van der Waals surface area (Å²) in [6.07, 6.45) is 9.23. The zero-order valence-electron chi connectivity index (χ0n) is 15.6. The van der Waals surface area contributed by atoms with Crippen LogP contribution in [0.4, 0.5) is 0 Å². The van der Waals surface area contributed by atoms with Crippen LogP contribution < -0.4 is 10.6 Å². The number of likely N-dealkylation sites (tertiary alicyclic amines) is 1. The van der Waals surface area contributed by atoms with Crippen LogP contribution in [0.2, 0.25) is 0 Å². The van der Waals surface area contributed by atoms with Gasteiger partial charge in [0, 0.05) is 51.7 Å². The lowest BCUT2D eigenvalue weighted by Crippen LogP contribution is -2.45. The van der Waals surface area contributed by atoms with E-state index in [4.69, 9.17) is 0 Å². The minimum atomic E-state index is 0.569. The van der Waals surface area contributed by atoms with Crippen LogP contribution in [0.25, 0.3) is 0 Å². The number of aryl methyl sites for hydroxylation is 1. The molecule has 140 valence electrons. The standard InChI is InChI=1S/C20H30N6/c1-21-20(23-10-6-12-25-14-11-22-17-25)24-15-19-9-5-13-26(19)16-18-7-3-2-4-8-18/h2-4,7-8,11,14,17,19H,5-6,9-10,12-13,15-16H2,1H3,(H2,21,23,24). The molecule has 26 heavy (non-hydrogen) atoms. The summed E-state index contributed by atoms with van der Waals surface area (Å²) in [6.45, 7) is 5.02. The predicted molar refractivity (Wildman–Crippen MR) is 106 cm³/mol. The molecule has 2 heterocycles. The van der Waals surface area contributed by atoms with Gasteiger partial charge in [0.05, 0.1) is 6.33 Å². The van der Waals surface area contributed by atoms with E-state index < -0.39 is 0 Å². The highest BCUT2D eigenvalue weighted by Crippen LogP contribution is 2.19. The minimum Gasteiger partial charge on any atom is -0.356 e. The highest BCUT2D eigenvalue weighted by molar-refractivity contribution is 5.79. The van der Waals surface area contributed by atoms with Crippen molar-refractivity contribution in [2.24, 2.45) is 4.99 Å². The molecule has 1 fully saturated rings. The van der Waals surface area contributed by atoms with Crippen LogP contribution in [0.15, 0.2) is 54.0 Å². The number of imidazole rings is 1. The molecule has 1 aliphatic rings. The van der Waals surface area contributed by atoms with E-state index in [2.05, 4.69) is 60.4 Å². The summed E-state index contributed by atoms with van der Waals surface area (Å²) in [5.74, 6) is 0.891. The molecular weight excluding hydrogens is 324 g/mol.